The number of nitrogens with zero attached hydrogens (tertiary/aromatic N) is 1. The molecule has 1 aliphatic heterocycles. The smallest absolute Gasteiger partial charge is 0.255 e. The second-order valence-corrected chi connectivity index (χ2v) is 5.51. The third-order valence-electron chi connectivity index (χ3n) is 3.85. The fourth-order valence-corrected chi connectivity index (χ4v) is 2.62. The lowest BCUT2D eigenvalue weighted by Crippen LogP contribution is -2.37. The molecule has 1 amide bonds. The first-order chi connectivity index (χ1) is 11.2. The Morgan fingerprint density at radius 2 is 2.04 bits per heavy atom. The highest BCUT2D eigenvalue weighted by atomic mass is 35.5. The standard InChI is InChI=1S/C17H19FN4O.2ClH/c18-14-7-1-2-8-15(14)22-16-13(6-4-10-20-16)17(23)21-11-12-5-3-9-19-12;;/h1-2,4,6-8,10,12,19H,3,5,9,11H2,(H,20,22)(H,21,23);2*1H. The van der Waals surface area contributed by atoms with Crippen LogP contribution in [0.25, 0.3) is 0 Å². The van der Waals surface area contributed by atoms with Crippen molar-refractivity contribution in [2.24, 2.45) is 0 Å². The molecule has 1 aromatic carbocycles. The molecular weight excluding hydrogens is 366 g/mol. The van der Waals surface area contributed by atoms with E-state index >= 15 is 0 Å². The van der Waals surface area contributed by atoms with Crippen LogP contribution in [0, 0.1) is 5.82 Å². The van der Waals surface area contributed by atoms with Gasteiger partial charge in [0.05, 0.1) is 11.3 Å². The van der Waals surface area contributed by atoms with Crippen LogP contribution < -0.4 is 16.0 Å². The zero-order chi connectivity index (χ0) is 16.1. The second kappa shape index (κ2) is 10.2. The van der Waals surface area contributed by atoms with E-state index in [9.17, 15) is 9.18 Å². The number of benzene rings is 1. The first-order valence-corrected chi connectivity index (χ1v) is 7.72. The first-order valence-electron chi connectivity index (χ1n) is 7.72. The summed E-state index contributed by atoms with van der Waals surface area (Å²) in [5.41, 5.74) is 0.687. The minimum Gasteiger partial charge on any atom is -0.350 e. The van der Waals surface area contributed by atoms with Crippen LogP contribution in [-0.4, -0.2) is 30.0 Å². The van der Waals surface area contributed by atoms with Gasteiger partial charge in [-0.2, -0.15) is 0 Å². The fourth-order valence-electron chi connectivity index (χ4n) is 2.62. The van der Waals surface area contributed by atoms with Crippen LogP contribution in [-0.2, 0) is 0 Å². The van der Waals surface area contributed by atoms with E-state index < -0.39 is 0 Å². The lowest BCUT2D eigenvalue weighted by atomic mass is 10.2. The number of nitrogens with one attached hydrogen (secondary N) is 3. The van der Waals surface area contributed by atoms with Gasteiger partial charge in [-0.05, 0) is 43.7 Å². The zero-order valence-electron chi connectivity index (χ0n) is 13.5. The molecule has 25 heavy (non-hydrogen) atoms. The molecule has 1 unspecified atom stereocenters. The van der Waals surface area contributed by atoms with Crippen LogP contribution in [0.3, 0.4) is 0 Å². The Morgan fingerprint density at radius 3 is 2.76 bits per heavy atom. The molecule has 3 N–H and O–H groups in total. The lowest BCUT2D eigenvalue weighted by Gasteiger charge is -2.14. The SMILES string of the molecule is Cl.Cl.O=C(NCC1CCCN1)c1cccnc1Nc1ccccc1F. The normalized spacial score (nSPS) is 15.6. The summed E-state index contributed by atoms with van der Waals surface area (Å²) < 4.78 is 13.8. The summed E-state index contributed by atoms with van der Waals surface area (Å²) in [7, 11) is 0. The number of amides is 1. The lowest BCUT2D eigenvalue weighted by molar-refractivity contribution is 0.0951. The summed E-state index contributed by atoms with van der Waals surface area (Å²) in [6.07, 6.45) is 3.76. The topological polar surface area (TPSA) is 66.0 Å². The van der Waals surface area contributed by atoms with E-state index in [0.29, 0.717) is 24.0 Å². The average Bonchev–Trinajstić information content (AvgIpc) is 3.09. The summed E-state index contributed by atoms with van der Waals surface area (Å²) in [6, 6.07) is 9.98. The highest BCUT2D eigenvalue weighted by Gasteiger charge is 2.17. The molecule has 1 aromatic heterocycles. The Kier molecular flexibility index (Phi) is 8.61. The number of pyridine rings is 1. The van der Waals surface area contributed by atoms with Crippen molar-refractivity contribution in [3.05, 3.63) is 54.0 Å². The molecule has 0 spiro atoms. The van der Waals surface area contributed by atoms with Crippen LogP contribution >= 0.6 is 24.8 Å². The van der Waals surface area contributed by atoms with E-state index in [1.165, 1.54) is 6.07 Å². The molecule has 1 saturated heterocycles. The zero-order valence-corrected chi connectivity index (χ0v) is 15.1. The maximum Gasteiger partial charge on any atom is 0.255 e. The highest BCUT2D eigenvalue weighted by Crippen LogP contribution is 2.20. The van der Waals surface area contributed by atoms with Gasteiger partial charge in [-0.3, -0.25) is 4.79 Å². The molecule has 0 bridgehead atoms. The number of anilines is 2. The summed E-state index contributed by atoms with van der Waals surface area (Å²) in [6.45, 7) is 1.57. The van der Waals surface area contributed by atoms with Gasteiger partial charge in [0, 0.05) is 18.8 Å². The summed E-state index contributed by atoms with van der Waals surface area (Å²) >= 11 is 0. The molecule has 1 aliphatic rings. The largest absolute Gasteiger partial charge is 0.350 e. The third kappa shape index (κ3) is 5.56. The number of aromatic nitrogens is 1. The minimum absolute atomic E-state index is 0. The van der Waals surface area contributed by atoms with Gasteiger partial charge >= 0.3 is 0 Å². The Morgan fingerprint density at radius 1 is 1.24 bits per heavy atom. The maximum atomic E-state index is 13.8. The number of carbonyl (C=O) groups excluding carboxylic acids is 1. The van der Waals surface area contributed by atoms with Crippen molar-refractivity contribution in [3.63, 3.8) is 0 Å². The predicted molar refractivity (Wildman–Crippen MR) is 102 cm³/mol. The second-order valence-electron chi connectivity index (χ2n) is 5.51. The summed E-state index contributed by atoms with van der Waals surface area (Å²) in [5, 5.41) is 9.12. The van der Waals surface area contributed by atoms with Crippen molar-refractivity contribution < 1.29 is 9.18 Å². The number of halogens is 3. The van der Waals surface area contributed by atoms with Gasteiger partial charge in [-0.15, -0.1) is 24.8 Å². The van der Waals surface area contributed by atoms with Gasteiger partial charge in [0.2, 0.25) is 0 Å². The summed E-state index contributed by atoms with van der Waals surface area (Å²) in [5.74, 6) is -0.264. The van der Waals surface area contributed by atoms with Crippen molar-refractivity contribution in [3.8, 4) is 0 Å². The molecular formula is C17H21Cl2FN4O. The van der Waals surface area contributed by atoms with Gasteiger partial charge < -0.3 is 16.0 Å². The average molecular weight is 387 g/mol. The van der Waals surface area contributed by atoms with Crippen molar-refractivity contribution in [1.82, 2.24) is 15.6 Å². The third-order valence-corrected chi connectivity index (χ3v) is 3.85. The van der Waals surface area contributed by atoms with Gasteiger partial charge in [-0.1, -0.05) is 12.1 Å². The first kappa shape index (κ1) is 21.2. The molecule has 2 aromatic rings. The molecule has 0 saturated carbocycles. The summed E-state index contributed by atoms with van der Waals surface area (Å²) in [4.78, 5) is 16.5. The molecule has 1 atom stereocenters. The number of carbonyl (C=O) groups is 1. The monoisotopic (exact) mass is 386 g/mol. The van der Waals surface area contributed by atoms with Crippen LogP contribution in [0.5, 0.6) is 0 Å². The van der Waals surface area contributed by atoms with Crippen molar-refractivity contribution in [1.29, 1.82) is 0 Å². The Hall–Kier alpha value is -1.89. The van der Waals surface area contributed by atoms with E-state index in [4.69, 9.17) is 0 Å². The highest BCUT2D eigenvalue weighted by molar-refractivity contribution is 5.99. The fraction of sp³-hybridized carbons (Fsp3) is 0.294. The number of hydrogen-bond donors (Lipinski definition) is 3. The van der Waals surface area contributed by atoms with E-state index in [2.05, 4.69) is 20.9 Å². The Labute approximate surface area is 158 Å². The van der Waals surface area contributed by atoms with Gasteiger partial charge in [0.25, 0.3) is 5.91 Å². The van der Waals surface area contributed by atoms with Crippen molar-refractivity contribution in [2.75, 3.05) is 18.4 Å². The molecule has 0 aliphatic carbocycles. The molecule has 1 fully saturated rings. The molecule has 2 heterocycles. The van der Waals surface area contributed by atoms with Crippen LogP contribution in [0.2, 0.25) is 0 Å². The molecule has 3 rings (SSSR count). The van der Waals surface area contributed by atoms with E-state index in [1.54, 1.807) is 36.5 Å². The number of rotatable bonds is 5. The maximum absolute atomic E-state index is 13.8. The predicted octanol–water partition coefficient (Wildman–Crippen LogP) is 3.29. The molecule has 5 nitrogen and oxygen atoms in total. The number of para-hydroxylation sites is 1. The van der Waals surface area contributed by atoms with Crippen LogP contribution in [0.15, 0.2) is 42.6 Å². The van der Waals surface area contributed by atoms with Crippen molar-refractivity contribution >= 4 is 42.2 Å². The van der Waals surface area contributed by atoms with Crippen LogP contribution in [0.1, 0.15) is 23.2 Å². The van der Waals surface area contributed by atoms with Crippen LogP contribution in [0.4, 0.5) is 15.9 Å². The van der Waals surface area contributed by atoms with E-state index in [1.807, 2.05) is 0 Å². The van der Waals surface area contributed by atoms with Gasteiger partial charge in [0.1, 0.15) is 11.6 Å². The molecule has 136 valence electrons. The molecule has 8 heteroatoms. The van der Waals surface area contributed by atoms with Gasteiger partial charge in [-0.25, -0.2) is 9.37 Å². The Balaban J connectivity index is 0.00000156. The quantitative estimate of drug-likeness (QED) is 0.737. The van der Waals surface area contributed by atoms with E-state index in [-0.39, 0.29) is 42.2 Å². The van der Waals surface area contributed by atoms with Crippen molar-refractivity contribution in [2.45, 2.75) is 18.9 Å². The number of hydrogen-bond acceptors (Lipinski definition) is 4. The molecule has 0 radical (unpaired) electrons. The minimum atomic E-state index is -0.389. The van der Waals surface area contributed by atoms with Gasteiger partial charge in [0.15, 0.2) is 0 Å². The Bertz CT molecular complexity index is 696. The van der Waals surface area contributed by atoms with E-state index in [0.717, 1.165) is 19.4 Å².